The third-order valence-corrected chi connectivity index (χ3v) is 13.8. The van der Waals surface area contributed by atoms with Gasteiger partial charge in [0.25, 0.3) is 0 Å². The fraction of sp³-hybridized carbons (Fsp3) is 0. The van der Waals surface area contributed by atoms with Gasteiger partial charge in [0.15, 0.2) is 5.82 Å². The molecule has 63 heavy (non-hydrogen) atoms. The Labute approximate surface area is 367 Å². The third kappa shape index (κ3) is 5.67. The molecule has 13 aromatic rings. The molecule has 0 unspecified atom stereocenters. The smallest absolute Gasteiger partial charge is 0.162 e. The number of fused-ring (bicyclic) bond motifs is 9. The summed E-state index contributed by atoms with van der Waals surface area (Å²) in [7, 11) is 0. The van der Waals surface area contributed by atoms with Crippen molar-refractivity contribution < 1.29 is 0 Å². The lowest BCUT2D eigenvalue weighted by Crippen LogP contribution is -1.99. The van der Waals surface area contributed by atoms with Crippen LogP contribution in [0.1, 0.15) is 0 Å². The summed E-state index contributed by atoms with van der Waals surface area (Å²) in [5.74, 6) is 0.696. The van der Waals surface area contributed by atoms with Crippen molar-refractivity contribution in [1.29, 1.82) is 0 Å². The Morgan fingerprint density at radius 3 is 1.57 bits per heavy atom. The van der Waals surface area contributed by atoms with E-state index in [1.165, 1.54) is 53.1 Å². The molecule has 0 aliphatic heterocycles. The zero-order chi connectivity index (χ0) is 41.4. The van der Waals surface area contributed by atoms with Crippen LogP contribution in [0, 0.1) is 0 Å². The van der Waals surface area contributed by atoms with Crippen LogP contribution in [0.5, 0.6) is 0 Å². The number of benzene rings is 9. The Kier molecular flexibility index (Phi) is 8.05. The maximum atomic E-state index is 5.44. The number of aromatic nitrogens is 4. The van der Waals surface area contributed by atoms with Gasteiger partial charge in [0.1, 0.15) is 5.65 Å². The molecule has 0 fully saturated rings. The zero-order valence-corrected chi connectivity index (χ0v) is 34.8. The molecule has 0 N–H and O–H groups in total. The number of nitrogens with zero attached hydrogens (tertiary/aromatic N) is 4. The second-order valence-electron chi connectivity index (χ2n) is 16.1. The summed E-state index contributed by atoms with van der Waals surface area (Å²) >= 11 is 1.86. The standard InChI is InChI=1S/C58H36N4S/c1-3-14-39(15-4-1)55-54-49-36-41(44-21-13-22-48-47-20-9-12-25-53(47)63-56(44)48)30-35-52(49)62(58(54)60-57(59-55)40-16-5-2-6-17-40)43-33-28-38(29-34-43)37-26-31-42(32-27-37)61-50-23-10-7-18-45(50)46-19-8-11-24-51(46)61/h1-36H. The van der Waals surface area contributed by atoms with E-state index in [-0.39, 0.29) is 0 Å². The topological polar surface area (TPSA) is 35.6 Å². The molecule has 4 aromatic heterocycles. The van der Waals surface area contributed by atoms with E-state index in [1.807, 2.05) is 17.4 Å². The minimum atomic E-state index is 0.696. The molecule has 13 rings (SSSR count). The minimum absolute atomic E-state index is 0.696. The highest BCUT2D eigenvalue weighted by Gasteiger charge is 2.22. The summed E-state index contributed by atoms with van der Waals surface area (Å²) in [6, 6.07) is 78.4. The lowest BCUT2D eigenvalue weighted by atomic mass is 9.99. The Hall–Kier alpha value is -8.12. The molecule has 294 valence electrons. The Morgan fingerprint density at radius 1 is 0.349 bits per heavy atom. The Bertz CT molecular complexity index is 3830. The second kappa shape index (κ2) is 14.2. The average molecular weight is 821 g/mol. The highest BCUT2D eigenvalue weighted by atomic mass is 32.1. The van der Waals surface area contributed by atoms with Crippen LogP contribution in [0.2, 0.25) is 0 Å². The van der Waals surface area contributed by atoms with E-state index in [1.54, 1.807) is 0 Å². The third-order valence-electron chi connectivity index (χ3n) is 12.6. The predicted molar refractivity (Wildman–Crippen MR) is 265 cm³/mol. The zero-order valence-electron chi connectivity index (χ0n) is 34.0. The van der Waals surface area contributed by atoms with Gasteiger partial charge in [0.2, 0.25) is 0 Å². The SMILES string of the molecule is c1ccc(-c2nc(-c3ccccc3)c3c4cc(-c5cccc6c5sc5ccccc56)ccc4n(-c4ccc(-c5ccc(-n6c7ccccc7c7ccccc76)cc5)cc4)c3n2)cc1. The Morgan fingerprint density at radius 2 is 0.889 bits per heavy atom. The Balaban J connectivity index is 0.986. The van der Waals surface area contributed by atoms with E-state index in [9.17, 15) is 0 Å². The first kappa shape index (κ1) is 35.6. The monoisotopic (exact) mass is 820 g/mol. The first-order chi connectivity index (χ1) is 31.2. The van der Waals surface area contributed by atoms with Crippen LogP contribution in [-0.4, -0.2) is 19.1 Å². The fourth-order valence-electron chi connectivity index (χ4n) is 9.64. The van der Waals surface area contributed by atoms with Gasteiger partial charge < -0.3 is 4.57 Å². The van der Waals surface area contributed by atoms with Crippen LogP contribution in [0.3, 0.4) is 0 Å². The van der Waals surface area contributed by atoms with E-state index in [0.717, 1.165) is 61.3 Å². The number of hydrogen-bond acceptors (Lipinski definition) is 3. The summed E-state index contributed by atoms with van der Waals surface area (Å²) < 4.78 is 7.29. The lowest BCUT2D eigenvalue weighted by molar-refractivity contribution is 1.11. The first-order valence-corrected chi connectivity index (χ1v) is 22.1. The molecule has 0 saturated heterocycles. The van der Waals surface area contributed by atoms with Gasteiger partial charge in [-0.15, -0.1) is 11.3 Å². The number of para-hydroxylation sites is 2. The molecule has 4 nitrogen and oxygen atoms in total. The maximum absolute atomic E-state index is 5.44. The average Bonchev–Trinajstić information content (AvgIpc) is 4.02. The van der Waals surface area contributed by atoms with Crippen molar-refractivity contribution in [2.45, 2.75) is 0 Å². The van der Waals surface area contributed by atoms with Crippen molar-refractivity contribution in [3.8, 4) is 56.3 Å². The van der Waals surface area contributed by atoms with Crippen molar-refractivity contribution in [2.24, 2.45) is 0 Å². The van der Waals surface area contributed by atoms with Gasteiger partial charge in [-0.05, 0) is 76.9 Å². The van der Waals surface area contributed by atoms with Gasteiger partial charge >= 0.3 is 0 Å². The number of thiophene rings is 1. The largest absolute Gasteiger partial charge is 0.309 e. The van der Waals surface area contributed by atoms with E-state index in [2.05, 4.69) is 221 Å². The molecule has 0 aliphatic carbocycles. The molecule has 5 heteroatoms. The summed E-state index contributed by atoms with van der Waals surface area (Å²) in [4.78, 5) is 10.8. The van der Waals surface area contributed by atoms with Crippen molar-refractivity contribution in [3.05, 3.63) is 218 Å². The van der Waals surface area contributed by atoms with E-state index >= 15 is 0 Å². The lowest BCUT2D eigenvalue weighted by Gasteiger charge is -2.12. The van der Waals surface area contributed by atoms with Crippen LogP contribution in [0.4, 0.5) is 0 Å². The molecule has 0 amide bonds. The first-order valence-electron chi connectivity index (χ1n) is 21.3. The molecule has 0 aliphatic rings. The minimum Gasteiger partial charge on any atom is -0.309 e. The van der Waals surface area contributed by atoms with Gasteiger partial charge in [-0.3, -0.25) is 4.57 Å². The van der Waals surface area contributed by atoms with Gasteiger partial charge in [0, 0.05) is 58.8 Å². The molecule has 0 spiro atoms. The van der Waals surface area contributed by atoms with Crippen LogP contribution in [-0.2, 0) is 0 Å². The quantitative estimate of drug-likeness (QED) is 0.167. The molecule has 4 heterocycles. The van der Waals surface area contributed by atoms with Gasteiger partial charge in [-0.1, -0.05) is 164 Å². The van der Waals surface area contributed by atoms with Crippen LogP contribution in [0.15, 0.2) is 218 Å². The normalized spacial score (nSPS) is 11.8. The van der Waals surface area contributed by atoms with Crippen molar-refractivity contribution >= 4 is 75.3 Å². The van der Waals surface area contributed by atoms with Crippen molar-refractivity contribution in [3.63, 3.8) is 0 Å². The molecular weight excluding hydrogens is 785 g/mol. The molecule has 0 bridgehead atoms. The predicted octanol–water partition coefficient (Wildman–Crippen LogP) is 15.7. The summed E-state index contributed by atoms with van der Waals surface area (Å²) in [6.07, 6.45) is 0. The van der Waals surface area contributed by atoms with Crippen LogP contribution >= 0.6 is 11.3 Å². The molecule has 0 radical (unpaired) electrons. The highest BCUT2D eigenvalue weighted by molar-refractivity contribution is 7.26. The van der Waals surface area contributed by atoms with Crippen molar-refractivity contribution in [2.75, 3.05) is 0 Å². The highest BCUT2D eigenvalue weighted by Crippen LogP contribution is 2.44. The number of hydrogen-bond donors (Lipinski definition) is 0. The van der Waals surface area contributed by atoms with Crippen molar-refractivity contribution in [1.82, 2.24) is 19.1 Å². The van der Waals surface area contributed by atoms with Gasteiger partial charge in [0.05, 0.1) is 27.6 Å². The van der Waals surface area contributed by atoms with Gasteiger partial charge in [-0.2, -0.15) is 0 Å². The second-order valence-corrected chi connectivity index (χ2v) is 17.2. The fourth-order valence-corrected chi connectivity index (χ4v) is 10.9. The maximum Gasteiger partial charge on any atom is 0.162 e. The molecular formula is C58H36N4S. The summed E-state index contributed by atoms with van der Waals surface area (Å²) in [5.41, 5.74) is 14.2. The molecule has 0 atom stereocenters. The van der Waals surface area contributed by atoms with E-state index in [4.69, 9.17) is 9.97 Å². The van der Waals surface area contributed by atoms with Crippen LogP contribution < -0.4 is 0 Å². The van der Waals surface area contributed by atoms with Crippen LogP contribution in [0.25, 0.3) is 120 Å². The summed E-state index contributed by atoms with van der Waals surface area (Å²) in [6.45, 7) is 0. The molecule has 9 aromatic carbocycles. The van der Waals surface area contributed by atoms with Gasteiger partial charge in [-0.25, -0.2) is 9.97 Å². The summed E-state index contributed by atoms with van der Waals surface area (Å²) in [5, 5.41) is 7.26. The molecule has 0 saturated carbocycles. The number of rotatable bonds is 6. The van der Waals surface area contributed by atoms with E-state index < -0.39 is 0 Å². The van der Waals surface area contributed by atoms with E-state index in [0.29, 0.717) is 5.82 Å².